The molecule has 0 spiro atoms. The summed E-state index contributed by atoms with van der Waals surface area (Å²) in [5, 5.41) is 0. The van der Waals surface area contributed by atoms with E-state index in [1.807, 2.05) is 0 Å². The first-order valence-electron chi connectivity index (χ1n) is 7.39. The van der Waals surface area contributed by atoms with E-state index in [4.69, 9.17) is 0 Å². The molecule has 0 aromatic heterocycles. The Balaban J connectivity index is 0.00000144. The van der Waals surface area contributed by atoms with Crippen LogP contribution in [0.1, 0.15) is 18.1 Å². The fourth-order valence-electron chi connectivity index (χ4n) is 3.54. The Morgan fingerprint density at radius 2 is 1.82 bits per heavy atom. The minimum absolute atomic E-state index is 0. The second kappa shape index (κ2) is 5.75. The minimum Gasteiger partial charge on any atom is -0.386 e. The summed E-state index contributed by atoms with van der Waals surface area (Å²) in [6, 6.07) is 15.4. The Morgan fingerprint density at radius 1 is 1.05 bits per heavy atom. The maximum atomic E-state index is 2.35. The molecule has 1 unspecified atom stereocenters. The quantitative estimate of drug-likeness (QED) is 0.701. The summed E-state index contributed by atoms with van der Waals surface area (Å²) < 4.78 is 0. The van der Waals surface area contributed by atoms with Crippen molar-refractivity contribution < 1.29 is 32.7 Å². The van der Waals surface area contributed by atoms with Crippen molar-refractivity contribution in [1.82, 2.24) is 4.90 Å². The second-order valence-corrected chi connectivity index (χ2v) is 5.97. The molecule has 0 saturated carbocycles. The van der Waals surface area contributed by atoms with E-state index in [0.29, 0.717) is 6.17 Å². The molecule has 2 heterocycles. The van der Waals surface area contributed by atoms with Gasteiger partial charge in [-0.05, 0) is 18.1 Å². The van der Waals surface area contributed by atoms with Gasteiger partial charge in [0.05, 0.1) is 6.17 Å². The zero-order chi connectivity index (χ0) is 14.6. The van der Waals surface area contributed by atoms with Crippen molar-refractivity contribution in [2.75, 3.05) is 11.9 Å². The van der Waals surface area contributed by atoms with Crippen molar-refractivity contribution in [1.29, 1.82) is 0 Å². The second-order valence-electron chi connectivity index (χ2n) is 5.97. The molecular weight excluding hydrogens is 345 g/mol. The van der Waals surface area contributed by atoms with Crippen LogP contribution in [-0.2, 0) is 32.7 Å². The fourth-order valence-corrected chi connectivity index (χ4v) is 3.54. The molecule has 1 atom stereocenters. The first-order valence-corrected chi connectivity index (χ1v) is 7.39. The van der Waals surface area contributed by atoms with Crippen LogP contribution in [0.4, 0.5) is 5.69 Å². The molecule has 2 aliphatic heterocycles. The van der Waals surface area contributed by atoms with Gasteiger partial charge >= 0.3 is 0 Å². The van der Waals surface area contributed by atoms with Crippen LogP contribution in [0.3, 0.4) is 0 Å². The van der Waals surface area contributed by atoms with Crippen molar-refractivity contribution in [3.05, 3.63) is 71.9 Å². The van der Waals surface area contributed by atoms with E-state index in [1.165, 1.54) is 33.9 Å². The molecular formula is C19H19N2Y-. The molecule has 3 heteroatoms. The molecule has 2 nitrogen and oxygen atoms in total. The van der Waals surface area contributed by atoms with Crippen molar-refractivity contribution in [2.45, 2.75) is 20.0 Å². The van der Waals surface area contributed by atoms with Crippen LogP contribution in [-0.4, -0.2) is 18.1 Å². The number of likely N-dealkylation sites (N-methyl/N-ethyl adjacent to an activating group) is 1. The summed E-state index contributed by atoms with van der Waals surface area (Å²) in [7, 11) is 2.14. The number of anilines is 1. The molecule has 2 aliphatic rings. The van der Waals surface area contributed by atoms with Gasteiger partial charge in [-0.3, -0.25) is 0 Å². The molecule has 0 aliphatic carbocycles. The average Bonchev–Trinajstić information content (AvgIpc) is 3.00. The van der Waals surface area contributed by atoms with Gasteiger partial charge in [0.1, 0.15) is 0 Å². The zero-order valence-electron chi connectivity index (χ0n) is 13.2. The van der Waals surface area contributed by atoms with Crippen molar-refractivity contribution in [3.63, 3.8) is 0 Å². The molecule has 4 rings (SSSR count). The van der Waals surface area contributed by atoms with E-state index in [0.717, 1.165) is 0 Å². The first-order chi connectivity index (χ1) is 10.2. The largest absolute Gasteiger partial charge is 0.386 e. The molecule has 0 saturated heterocycles. The molecule has 109 valence electrons. The van der Waals surface area contributed by atoms with Crippen molar-refractivity contribution in [3.8, 4) is 11.1 Å². The standard InChI is InChI=1S/C19H19N2.Y/c1-13-6-4-5-7-16(13)15-8-9-18-17(12-15)14(2)19-20(3)10-11-21(18)19;/h4-12,19H,1-3H3;/q-1;. The predicted molar refractivity (Wildman–Crippen MR) is 87.8 cm³/mol. The third kappa shape index (κ3) is 2.21. The van der Waals surface area contributed by atoms with Crippen LogP contribution < -0.4 is 4.90 Å². The summed E-state index contributed by atoms with van der Waals surface area (Å²) >= 11 is 0. The molecule has 0 fully saturated rings. The van der Waals surface area contributed by atoms with E-state index in [1.54, 1.807) is 0 Å². The molecule has 22 heavy (non-hydrogen) atoms. The van der Waals surface area contributed by atoms with Crippen LogP contribution in [0.25, 0.3) is 11.1 Å². The summed E-state index contributed by atoms with van der Waals surface area (Å²) in [6.45, 7) is 4.42. The monoisotopic (exact) mass is 364 g/mol. The van der Waals surface area contributed by atoms with Crippen LogP contribution in [0.5, 0.6) is 0 Å². The van der Waals surface area contributed by atoms with Gasteiger partial charge in [0.2, 0.25) is 0 Å². The number of aryl methyl sites for hydroxylation is 1. The number of hydrogen-bond donors (Lipinski definition) is 0. The number of fused-ring (bicyclic) bond motifs is 3. The Hall–Kier alpha value is -1.25. The van der Waals surface area contributed by atoms with Crippen LogP contribution in [0.15, 0.2) is 54.9 Å². The Labute approximate surface area is 157 Å². The molecule has 0 bridgehead atoms. The van der Waals surface area contributed by atoms with E-state index < -0.39 is 0 Å². The van der Waals surface area contributed by atoms with Gasteiger partial charge in [0.15, 0.2) is 0 Å². The van der Waals surface area contributed by atoms with E-state index >= 15 is 0 Å². The van der Waals surface area contributed by atoms with Gasteiger partial charge in [-0.2, -0.15) is 11.6 Å². The number of nitrogens with zero attached hydrogens (tertiary/aromatic N) is 2. The van der Waals surface area contributed by atoms with E-state index in [9.17, 15) is 0 Å². The van der Waals surface area contributed by atoms with E-state index in [-0.39, 0.29) is 32.7 Å². The predicted octanol–water partition coefficient (Wildman–Crippen LogP) is 4.16. The zero-order valence-corrected chi connectivity index (χ0v) is 16.1. The van der Waals surface area contributed by atoms with Crippen LogP contribution in [0, 0.1) is 12.8 Å². The van der Waals surface area contributed by atoms with Crippen LogP contribution in [0.2, 0.25) is 0 Å². The Bertz CT molecular complexity index is 738. The summed E-state index contributed by atoms with van der Waals surface area (Å²) in [6.07, 6.45) is 4.67. The summed E-state index contributed by atoms with van der Waals surface area (Å²) in [5.41, 5.74) is 6.64. The van der Waals surface area contributed by atoms with E-state index in [2.05, 4.69) is 85.6 Å². The van der Waals surface area contributed by atoms with Gasteiger partial charge in [-0.1, -0.05) is 54.6 Å². The Morgan fingerprint density at radius 3 is 2.59 bits per heavy atom. The molecule has 1 radical (unpaired) electrons. The summed E-state index contributed by atoms with van der Waals surface area (Å²) in [5.74, 6) is 1.42. The van der Waals surface area contributed by atoms with Gasteiger partial charge in [-0.25, -0.2) is 0 Å². The Kier molecular flexibility index (Phi) is 4.09. The molecule has 2 aromatic carbocycles. The number of rotatable bonds is 1. The number of hydrogen-bond acceptors (Lipinski definition) is 2. The maximum absolute atomic E-state index is 2.35. The van der Waals surface area contributed by atoms with Gasteiger partial charge in [0.25, 0.3) is 0 Å². The average molecular weight is 364 g/mol. The SMILES string of the molecule is Cc1ccccc1-c1ccc2c(c1)[C-](C)C1N(C)C=CN21.[Y]. The normalized spacial score (nSPS) is 18.3. The molecule has 0 amide bonds. The maximum Gasteiger partial charge on any atom is 0.0709 e. The van der Waals surface area contributed by atoms with Crippen LogP contribution >= 0.6 is 0 Å². The smallest absolute Gasteiger partial charge is 0.0709 e. The molecule has 2 aromatic rings. The van der Waals surface area contributed by atoms with Gasteiger partial charge in [-0.15, -0.1) is 5.92 Å². The third-order valence-corrected chi connectivity index (χ3v) is 4.65. The van der Waals surface area contributed by atoms with Gasteiger partial charge in [0, 0.05) is 52.2 Å². The minimum atomic E-state index is 0. The van der Waals surface area contributed by atoms with Crippen molar-refractivity contribution >= 4 is 5.69 Å². The molecule has 0 N–H and O–H groups in total. The third-order valence-electron chi connectivity index (χ3n) is 4.65. The van der Waals surface area contributed by atoms with Gasteiger partial charge < -0.3 is 9.80 Å². The van der Waals surface area contributed by atoms with Crippen molar-refractivity contribution in [2.24, 2.45) is 0 Å². The summed E-state index contributed by atoms with van der Waals surface area (Å²) in [4.78, 5) is 4.62. The topological polar surface area (TPSA) is 6.48 Å². The first kappa shape index (κ1) is 15.6. The number of benzene rings is 2. The fraction of sp³-hybridized carbons (Fsp3) is 0.211.